The Labute approximate surface area is 101 Å². The van der Waals surface area contributed by atoms with Crippen LogP contribution in [0.2, 0.25) is 0 Å². The fourth-order valence-corrected chi connectivity index (χ4v) is 1.82. The van der Waals surface area contributed by atoms with Crippen molar-refractivity contribution in [2.45, 2.75) is 0 Å². The molecule has 0 fully saturated rings. The van der Waals surface area contributed by atoms with Gasteiger partial charge in [0.1, 0.15) is 0 Å². The first-order valence-electron chi connectivity index (χ1n) is 5.34. The third-order valence-corrected chi connectivity index (χ3v) is 2.63. The predicted octanol–water partition coefficient (Wildman–Crippen LogP) is 4.05. The molecule has 0 aromatic heterocycles. The Morgan fingerprint density at radius 3 is 2.69 bits per heavy atom. The van der Waals surface area contributed by atoms with Crippen molar-refractivity contribution in [1.82, 2.24) is 0 Å². The first-order chi connectivity index (χ1) is 7.92. The second-order valence-electron chi connectivity index (χ2n) is 3.53. The molecule has 0 spiro atoms. The molecular weight excluding hydrogens is 218 g/mol. The molecule has 0 saturated heterocycles. The lowest BCUT2D eigenvalue weighted by molar-refractivity contribution is 1.34. The van der Waals surface area contributed by atoms with Crippen LogP contribution in [0, 0.1) is 0 Å². The molecule has 0 aliphatic heterocycles. The zero-order valence-corrected chi connectivity index (χ0v) is 9.74. The first kappa shape index (κ1) is 11.0. The van der Waals surface area contributed by atoms with Crippen LogP contribution in [-0.4, -0.2) is 12.4 Å². The molecule has 0 amide bonds. The van der Waals surface area contributed by atoms with Crippen molar-refractivity contribution in [3.63, 3.8) is 0 Å². The minimum atomic E-state index is 0.567. The van der Waals surface area contributed by atoms with Gasteiger partial charge in [0.25, 0.3) is 0 Å². The molecule has 0 saturated carbocycles. The number of nitrogens with one attached hydrogen (secondary N) is 1. The van der Waals surface area contributed by atoms with Crippen LogP contribution in [0.25, 0.3) is 10.8 Å². The molecular formula is C14H14ClN. The molecule has 82 valence electrons. The van der Waals surface area contributed by atoms with E-state index in [2.05, 4.69) is 47.8 Å². The molecule has 0 atom stereocenters. The van der Waals surface area contributed by atoms with Crippen LogP contribution in [0.5, 0.6) is 0 Å². The van der Waals surface area contributed by atoms with Gasteiger partial charge in [0.15, 0.2) is 0 Å². The van der Waals surface area contributed by atoms with Crippen molar-refractivity contribution in [2.75, 3.05) is 17.7 Å². The average molecular weight is 232 g/mol. The Hall–Kier alpha value is -1.47. The highest BCUT2D eigenvalue weighted by Gasteiger charge is 1.97. The third kappa shape index (κ3) is 2.56. The monoisotopic (exact) mass is 231 g/mol. The summed E-state index contributed by atoms with van der Waals surface area (Å²) in [7, 11) is 0. The number of anilines is 1. The zero-order chi connectivity index (χ0) is 11.2. The van der Waals surface area contributed by atoms with E-state index >= 15 is 0 Å². The van der Waals surface area contributed by atoms with Crippen molar-refractivity contribution in [3.05, 3.63) is 54.6 Å². The van der Waals surface area contributed by atoms with E-state index in [4.69, 9.17) is 11.6 Å². The summed E-state index contributed by atoms with van der Waals surface area (Å²) in [4.78, 5) is 0. The summed E-state index contributed by atoms with van der Waals surface area (Å²) in [5, 5.41) is 5.89. The van der Waals surface area contributed by atoms with Gasteiger partial charge in [-0.1, -0.05) is 48.6 Å². The van der Waals surface area contributed by atoms with Gasteiger partial charge in [0.05, 0.1) is 0 Å². The van der Waals surface area contributed by atoms with Gasteiger partial charge in [-0.05, 0) is 11.5 Å². The molecule has 0 radical (unpaired) electrons. The standard InChI is InChI=1S/C14H14ClN/c15-10-3-4-11-16-14-9-5-7-12-6-1-2-8-13(12)14/h1-9,16H,10-11H2/b4-3+. The number of hydrogen-bond donors (Lipinski definition) is 1. The number of benzene rings is 2. The second-order valence-corrected chi connectivity index (χ2v) is 3.84. The lowest BCUT2D eigenvalue weighted by Crippen LogP contribution is -1.98. The first-order valence-corrected chi connectivity index (χ1v) is 5.88. The van der Waals surface area contributed by atoms with E-state index in [0.717, 1.165) is 12.2 Å². The minimum Gasteiger partial charge on any atom is -0.381 e. The summed E-state index contributed by atoms with van der Waals surface area (Å²) in [6, 6.07) is 14.6. The van der Waals surface area contributed by atoms with Crippen LogP contribution in [0.3, 0.4) is 0 Å². The molecule has 1 nitrogen and oxygen atoms in total. The fraction of sp³-hybridized carbons (Fsp3) is 0.143. The van der Waals surface area contributed by atoms with Crippen LogP contribution in [0.1, 0.15) is 0 Å². The molecule has 1 N–H and O–H groups in total. The van der Waals surface area contributed by atoms with Crippen LogP contribution in [0.4, 0.5) is 5.69 Å². The number of halogens is 1. The van der Waals surface area contributed by atoms with Crippen LogP contribution in [0.15, 0.2) is 54.6 Å². The molecule has 2 rings (SSSR count). The molecule has 0 heterocycles. The normalized spacial score (nSPS) is 11.1. The van der Waals surface area contributed by atoms with Gasteiger partial charge in [-0.15, -0.1) is 11.6 Å². The molecule has 0 bridgehead atoms. The van der Waals surface area contributed by atoms with E-state index in [9.17, 15) is 0 Å². The maximum atomic E-state index is 5.56. The highest BCUT2D eigenvalue weighted by molar-refractivity contribution is 6.18. The lowest BCUT2D eigenvalue weighted by atomic mass is 10.1. The second kappa shape index (κ2) is 5.57. The highest BCUT2D eigenvalue weighted by Crippen LogP contribution is 2.22. The number of rotatable bonds is 4. The summed E-state index contributed by atoms with van der Waals surface area (Å²) in [6.45, 7) is 0.806. The predicted molar refractivity (Wildman–Crippen MR) is 72.3 cm³/mol. The third-order valence-electron chi connectivity index (χ3n) is 2.46. The maximum Gasteiger partial charge on any atom is 0.0422 e. The van der Waals surface area contributed by atoms with Crippen molar-refractivity contribution < 1.29 is 0 Å². The van der Waals surface area contributed by atoms with Crippen molar-refractivity contribution >= 4 is 28.1 Å². The molecule has 2 heteroatoms. The van der Waals surface area contributed by atoms with Gasteiger partial charge >= 0.3 is 0 Å². The van der Waals surface area contributed by atoms with Gasteiger partial charge in [-0.2, -0.15) is 0 Å². The Kier molecular flexibility index (Phi) is 3.84. The van der Waals surface area contributed by atoms with Crippen LogP contribution in [-0.2, 0) is 0 Å². The van der Waals surface area contributed by atoms with Gasteiger partial charge in [0, 0.05) is 23.5 Å². The summed E-state index contributed by atoms with van der Waals surface area (Å²) < 4.78 is 0. The molecule has 2 aromatic rings. The van der Waals surface area contributed by atoms with E-state index in [0.29, 0.717) is 5.88 Å². The zero-order valence-electron chi connectivity index (χ0n) is 8.99. The lowest BCUT2D eigenvalue weighted by Gasteiger charge is -2.07. The molecule has 0 aliphatic rings. The maximum absolute atomic E-state index is 5.56. The summed E-state index contributed by atoms with van der Waals surface area (Å²) in [5.74, 6) is 0.567. The van der Waals surface area contributed by atoms with E-state index in [-0.39, 0.29) is 0 Å². The summed E-state index contributed by atoms with van der Waals surface area (Å²) in [5.41, 5.74) is 1.16. The number of fused-ring (bicyclic) bond motifs is 1. The number of hydrogen-bond acceptors (Lipinski definition) is 1. The van der Waals surface area contributed by atoms with Gasteiger partial charge in [-0.3, -0.25) is 0 Å². The van der Waals surface area contributed by atoms with Crippen molar-refractivity contribution in [2.24, 2.45) is 0 Å². The van der Waals surface area contributed by atoms with Crippen molar-refractivity contribution in [3.8, 4) is 0 Å². The Morgan fingerprint density at radius 1 is 1.00 bits per heavy atom. The van der Waals surface area contributed by atoms with Gasteiger partial charge in [-0.25, -0.2) is 0 Å². The summed E-state index contributed by atoms with van der Waals surface area (Å²) >= 11 is 5.56. The molecule has 0 aliphatic carbocycles. The SMILES string of the molecule is ClC/C=C/CNc1cccc2ccccc12. The highest BCUT2D eigenvalue weighted by atomic mass is 35.5. The minimum absolute atomic E-state index is 0.567. The topological polar surface area (TPSA) is 12.0 Å². The van der Waals surface area contributed by atoms with E-state index in [1.165, 1.54) is 10.8 Å². The van der Waals surface area contributed by atoms with Gasteiger partial charge in [0.2, 0.25) is 0 Å². The number of alkyl halides is 1. The van der Waals surface area contributed by atoms with Crippen LogP contribution >= 0.6 is 11.6 Å². The van der Waals surface area contributed by atoms with E-state index in [1.54, 1.807) is 0 Å². The summed E-state index contributed by atoms with van der Waals surface area (Å²) in [6.07, 6.45) is 3.98. The van der Waals surface area contributed by atoms with E-state index < -0.39 is 0 Å². The largest absolute Gasteiger partial charge is 0.381 e. The Balaban J connectivity index is 2.20. The molecule has 0 unspecified atom stereocenters. The fourth-order valence-electron chi connectivity index (χ4n) is 1.69. The quantitative estimate of drug-likeness (QED) is 0.619. The molecule has 2 aromatic carbocycles. The van der Waals surface area contributed by atoms with Crippen molar-refractivity contribution in [1.29, 1.82) is 0 Å². The van der Waals surface area contributed by atoms with Crippen LogP contribution < -0.4 is 5.32 Å². The molecule has 16 heavy (non-hydrogen) atoms. The average Bonchev–Trinajstić information content (AvgIpc) is 2.35. The Bertz CT molecular complexity index is 486. The Morgan fingerprint density at radius 2 is 1.81 bits per heavy atom. The number of allylic oxidation sites excluding steroid dienone is 1. The van der Waals surface area contributed by atoms with E-state index in [1.807, 2.05) is 12.2 Å². The smallest absolute Gasteiger partial charge is 0.0422 e. The van der Waals surface area contributed by atoms with Gasteiger partial charge < -0.3 is 5.32 Å².